The average Bonchev–Trinajstić information content (AvgIpc) is 2.13. The molecule has 0 fully saturated rings. The molecule has 84 valence electrons. The fraction of sp³-hybridized carbons (Fsp3) is 0.833. The molecule has 0 aromatic heterocycles. The number of rotatable bonds is 6. The lowest BCUT2D eigenvalue weighted by atomic mass is 10.2. The lowest BCUT2D eigenvalue weighted by Gasteiger charge is -2.29. The van der Waals surface area contributed by atoms with Crippen LogP contribution in [0.25, 0.3) is 0 Å². The summed E-state index contributed by atoms with van der Waals surface area (Å²) in [6.45, 7) is 13.3. The zero-order valence-corrected chi connectivity index (χ0v) is 11.7. The highest BCUT2D eigenvalue weighted by molar-refractivity contribution is 6.73. The smallest absolute Gasteiger partial charge is 0.250 e. The van der Waals surface area contributed by atoms with Gasteiger partial charge in [-0.25, -0.2) is 0 Å². The summed E-state index contributed by atoms with van der Waals surface area (Å²) in [6, 6.07) is 3.68. The molecule has 2 heteroatoms. The Labute approximate surface area is 90.7 Å². The van der Waals surface area contributed by atoms with Crippen molar-refractivity contribution < 1.29 is 4.43 Å². The lowest BCUT2D eigenvalue weighted by Crippen LogP contribution is -2.35. The first-order valence-corrected chi connectivity index (χ1v) is 8.40. The van der Waals surface area contributed by atoms with Crippen molar-refractivity contribution in [3.8, 4) is 0 Å². The van der Waals surface area contributed by atoms with E-state index in [-0.39, 0.29) is 0 Å². The molecule has 0 spiro atoms. The molecule has 0 heterocycles. The summed E-state index contributed by atoms with van der Waals surface area (Å²) in [5.74, 6) is 1.73. The van der Waals surface area contributed by atoms with E-state index in [0.29, 0.717) is 5.92 Å². The third-order valence-corrected chi connectivity index (χ3v) is 7.50. The molecule has 0 bridgehead atoms. The fourth-order valence-corrected chi connectivity index (χ4v) is 4.50. The van der Waals surface area contributed by atoms with E-state index in [1.165, 1.54) is 18.1 Å². The van der Waals surface area contributed by atoms with Crippen LogP contribution in [-0.2, 0) is 4.43 Å². The van der Waals surface area contributed by atoms with Crippen LogP contribution in [-0.4, -0.2) is 8.32 Å². The van der Waals surface area contributed by atoms with Crippen molar-refractivity contribution >= 4 is 8.32 Å². The average molecular weight is 214 g/mol. The van der Waals surface area contributed by atoms with Gasteiger partial charge in [0.15, 0.2) is 0 Å². The third-order valence-electron chi connectivity index (χ3n) is 2.88. The standard InChI is InChI=1S/C12H26OSi/c1-7-14(8-2,9-3)13-12(6)10-11(4)5/h10-11H,7-9H2,1-6H3/b12-10+. The summed E-state index contributed by atoms with van der Waals surface area (Å²) in [5, 5.41) is 0. The summed E-state index contributed by atoms with van der Waals surface area (Å²) in [7, 11) is -1.42. The molecule has 1 nitrogen and oxygen atoms in total. The van der Waals surface area contributed by atoms with Gasteiger partial charge in [0.05, 0.1) is 5.76 Å². The topological polar surface area (TPSA) is 9.23 Å². The maximum Gasteiger partial charge on any atom is 0.250 e. The zero-order chi connectivity index (χ0) is 11.2. The minimum absolute atomic E-state index is 0.590. The summed E-state index contributed by atoms with van der Waals surface area (Å²) < 4.78 is 6.20. The fourth-order valence-electron chi connectivity index (χ4n) is 1.81. The number of hydrogen-bond donors (Lipinski definition) is 0. The van der Waals surface area contributed by atoms with E-state index in [1.54, 1.807) is 0 Å². The Morgan fingerprint density at radius 3 is 1.86 bits per heavy atom. The second kappa shape index (κ2) is 6.28. The number of hydrogen-bond acceptors (Lipinski definition) is 1. The van der Waals surface area contributed by atoms with Crippen LogP contribution in [0.1, 0.15) is 41.5 Å². The van der Waals surface area contributed by atoms with Crippen molar-refractivity contribution in [1.29, 1.82) is 0 Å². The molecule has 0 aliphatic heterocycles. The Hall–Kier alpha value is -0.243. The molecular formula is C12H26OSi. The van der Waals surface area contributed by atoms with Crippen LogP contribution in [0.15, 0.2) is 11.8 Å². The predicted octanol–water partition coefficient (Wildman–Crippen LogP) is 4.57. The summed E-state index contributed by atoms with van der Waals surface area (Å²) >= 11 is 0. The molecule has 0 aromatic rings. The Morgan fingerprint density at radius 1 is 1.14 bits per heavy atom. The molecule has 0 N–H and O–H groups in total. The van der Waals surface area contributed by atoms with Crippen LogP contribution in [0.4, 0.5) is 0 Å². The molecular weight excluding hydrogens is 188 g/mol. The van der Waals surface area contributed by atoms with Crippen molar-refractivity contribution in [2.24, 2.45) is 5.92 Å². The van der Waals surface area contributed by atoms with E-state index in [0.717, 1.165) is 5.76 Å². The van der Waals surface area contributed by atoms with E-state index in [1.807, 2.05) is 0 Å². The SMILES string of the molecule is CC[Si](CC)(CC)O/C(C)=C/C(C)C. The van der Waals surface area contributed by atoms with Crippen LogP contribution in [0.2, 0.25) is 18.1 Å². The quantitative estimate of drug-likeness (QED) is 0.465. The minimum Gasteiger partial charge on any atom is -0.547 e. The molecule has 0 atom stereocenters. The lowest BCUT2D eigenvalue weighted by molar-refractivity contribution is 0.401. The Kier molecular flexibility index (Phi) is 6.17. The zero-order valence-electron chi connectivity index (χ0n) is 10.7. The Bertz CT molecular complexity index is 172. The van der Waals surface area contributed by atoms with Crippen molar-refractivity contribution in [1.82, 2.24) is 0 Å². The maximum absolute atomic E-state index is 6.20. The molecule has 0 radical (unpaired) electrons. The largest absolute Gasteiger partial charge is 0.547 e. The second-order valence-electron chi connectivity index (χ2n) is 4.37. The molecule has 14 heavy (non-hydrogen) atoms. The Morgan fingerprint density at radius 2 is 1.57 bits per heavy atom. The van der Waals surface area contributed by atoms with Gasteiger partial charge in [-0.15, -0.1) is 0 Å². The van der Waals surface area contributed by atoms with Crippen molar-refractivity contribution in [3.05, 3.63) is 11.8 Å². The van der Waals surface area contributed by atoms with Gasteiger partial charge in [-0.3, -0.25) is 0 Å². The van der Waals surface area contributed by atoms with Crippen molar-refractivity contribution in [2.45, 2.75) is 59.7 Å². The van der Waals surface area contributed by atoms with Gasteiger partial charge in [0, 0.05) is 0 Å². The van der Waals surface area contributed by atoms with E-state index in [2.05, 4.69) is 47.6 Å². The second-order valence-corrected chi connectivity index (χ2v) is 9.06. The van der Waals surface area contributed by atoms with Crippen LogP contribution in [0.5, 0.6) is 0 Å². The normalized spacial score (nSPS) is 13.5. The van der Waals surface area contributed by atoms with Crippen LogP contribution >= 0.6 is 0 Å². The molecule has 0 rings (SSSR count). The minimum atomic E-state index is -1.42. The first kappa shape index (κ1) is 13.8. The van der Waals surface area contributed by atoms with Gasteiger partial charge in [0.25, 0.3) is 0 Å². The molecule has 0 aliphatic carbocycles. The monoisotopic (exact) mass is 214 g/mol. The molecule has 0 aromatic carbocycles. The van der Waals surface area contributed by atoms with E-state index >= 15 is 0 Å². The van der Waals surface area contributed by atoms with Crippen LogP contribution in [0.3, 0.4) is 0 Å². The molecule has 0 amide bonds. The first-order chi connectivity index (χ1) is 6.49. The van der Waals surface area contributed by atoms with E-state index in [4.69, 9.17) is 4.43 Å². The van der Waals surface area contributed by atoms with Gasteiger partial charge >= 0.3 is 0 Å². The van der Waals surface area contributed by atoms with Gasteiger partial charge in [0.2, 0.25) is 8.32 Å². The summed E-state index contributed by atoms with van der Waals surface area (Å²) in [4.78, 5) is 0. The van der Waals surface area contributed by atoms with Crippen molar-refractivity contribution in [3.63, 3.8) is 0 Å². The number of allylic oxidation sites excluding steroid dienone is 2. The Balaban J connectivity index is 4.44. The van der Waals surface area contributed by atoms with Gasteiger partial charge in [-0.05, 0) is 37.0 Å². The molecule has 0 aliphatic rings. The van der Waals surface area contributed by atoms with Gasteiger partial charge in [-0.1, -0.05) is 34.6 Å². The van der Waals surface area contributed by atoms with Gasteiger partial charge in [0.1, 0.15) is 0 Å². The van der Waals surface area contributed by atoms with E-state index < -0.39 is 8.32 Å². The van der Waals surface area contributed by atoms with Gasteiger partial charge in [-0.2, -0.15) is 0 Å². The first-order valence-electron chi connectivity index (χ1n) is 5.87. The molecule has 0 saturated heterocycles. The van der Waals surface area contributed by atoms with E-state index in [9.17, 15) is 0 Å². The highest BCUT2D eigenvalue weighted by Crippen LogP contribution is 2.24. The maximum atomic E-state index is 6.20. The predicted molar refractivity (Wildman–Crippen MR) is 66.9 cm³/mol. The van der Waals surface area contributed by atoms with Crippen molar-refractivity contribution in [2.75, 3.05) is 0 Å². The van der Waals surface area contributed by atoms with Crippen LogP contribution in [0, 0.1) is 5.92 Å². The van der Waals surface area contributed by atoms with Crippen LogP contribution < -0.4 is 0 Å². The summed E-state index contributed by atoms with van der Waals surface area (Å²) in [5.41, 5.74) is 0. The summed E-state index contributed by atoms with van der Waals surface area (Å²) in [6.07, 6.45) is 2.22. The highest BCUT2D eigenvalue weighted by atomic mass is 28.4. The highest BCUT2D eigenvalue weighted by Gasteiger charge is 2.30. The molecule has 0 unspecified atom stereocenters. The molecule has 0 saturated carbocycles. The van der Waals surface area contributed by atoms with Gasteiger partial charge < -0.3 is 4.43 Å². The third kappa shape index (κ3) is 4.31.